The Morgan fingerprint density at radius 1 is 1.56 bits per heavy atom. The molecular weight excluding hydrogens is 132 g/mol. The minimum atomic E-state index is 0.458. The van der Waals surface area contributed by atoms with E-state index in [1.807, 2.05) is 11.8 Å². The minimum Gasteiger partial charge on any atom is -0.364 e. The van der Waals surface area contributed by atoms with E-state index in [2.05, 4.69) is 20.8 Å². The van der Waals surface area contributed by atoms with Gasteiger partial charge in [0.15, 0.2) is 0 Å². The van der Waals surface area contributed by atoms with Crippen molar-refractivity contribution in [1.29, 1.82) is 0 Å². The number of hydrogen-bond acceptors (Lipinski definition) is 2. The van der Waals surface area contributed by atoms with Gasteiger partial charge in [-0.25, -0.2) is 0 Å². The largest absolute Gasteiger partial charge is 0.364 e. The van der Waals surface area contributed by atoms with E-state index in [4.69, 9.17) is 4.74 Å². The Kier molecular flexibility index (Phi) is 2.42. The molecule has 0 saturated carbocycles. The van der Waals surface area contributed by atoms with Gasteiger partial charge < -0.3 is 4.74 Å². The summed E-state index contributed by atoms with van der Waals surface area (Å²) >= 11 is 1.94. The van der Waals surface area contributed by atoms with Crippen molar-refractivity contribution < 1.29 is 4.74 Å². The molecule has 0 aliphatic carbocycles. The van der Waals surface area contributed by atoms with Crippen LogP contribution in [-0.2, 0) is 4.74 Å². The van der Waals surface area contributed by atoms with Crippen molar-refractivity contribution in [2.45, 2.75) is 32.3 Å². The summed E-state index contributed by atoms with van der Waals surface area (Å²) in [5, 5.41) is 0. The molecule has 0 N–H and O–H groups in total. The van der Waals surface area contributed by atoms with Gasteiger partial charge in [-0.2, -0.15) is 0 Å². The molecule has 54 valence electrons. The van der Waals surface area contributed by atoms with Gasteiger partial charge in [0.1, 0.15) is 5.44 Å². The van der Waals surface area contributed by atoms with Crippen LogP contribution in [0.3, 0.4) is 0 Å². The molecule has 9 heavy (non-hydrogen) atoms. The second kappa shape index (κ2) is 2.93. The fraction of sp³-hybridized carbons (Fsp3) is 1.00. The molecule has 0 aromatic carbocycles. The molecule has 1 rings (SSSR count). The molecule has 1 heterocycles. The Bertz CT molecular complexity index is 92.9. The second-order valence-corrected chi connectivity index (χ2v) is 4.02. The van der Waals surface area contributed by atoms with Crippen LogP contribution in [-0.4, -0.2) is 17.3 Å². The average Bonchev–Trinajstić information content (AvgIpc) is 2.14. The molecule has 0 aromatic rings. The molecule has 0 radical (unpaired) electrons. The Hall–Kier alpha value is 0.310. The summed E-state index contributed by atoms with van der Waals surface area (Å²) in [4.78, 5) is 0. The van der Waals surface area contributed by atoms with Crippen LogP contribution < -0.4 is 0 Å². The molecule has 1 aliphatic rings. The van der Waals surface area contributed by atoms with Crippen LogP contribution in [0.15, 0.2) is 0 Å². The van der Waals surface area contributed by atoms with E-state index in [0.29, 0.717) is 17.5 Å². The molecule has 0 bridgehead atoms. The summed E-state index contributed by atoms with van der Waals surface area (Å²) in [6.45, 7) is 6.54. The van der Waals surface area contributed by atoms with Crippen LogP contribution in [0.25, 0.3) is 0 Å². The lowest BCUT2D eigenvalue weighted by Gasteiger charge is -2.12. The highest BCUT2D eigenvalue weighted by atomic mass is 32.2. The van der Waals surface area contributed by atoms with Crippen molar-refractivity contribution in [1.82, 2.24) is 0 Å². The summed E-state index contributed by atoms with van der Waals surface area (Å²) in [5.41, 5.74) is 0.458. The summed E-state index contributed by atoms with van der Waals surface area (Å²) in [6.07, 6.45) is 0.474. The first-order valence-electron chi connectivity index (χ1n) is 3.47. The summed E-state index contributed by atoms with van der Waals surface area (Å²) < 4.78 is 5.59. The second-order valence-electron chi connectivity index (χ2n) is 2.89. The summed E-state index contributed by atoms with van der Waals surface area (Å²) in [6, 6.07) is 0. The Morgan fingerprint density at radius 2 is 2.22 bits per heavy atom. The van der Waals surface area contributed by atoms with E-state index in [0.717, 1.165) is 0 Å². The highest BCUT2D eigenvalue weighted by Crippen LogP contribution is 2.29. The molecule has 0 spiro atoms. The standard InChI is InChI=1S/C7H14OS/c1-5(2)7-8-6(3)4-9-7/h5-7H,4H2,1-3H3. The first-order chi connectivity index (χ1) is 4.20. The SMILES string of the molecule is CC1CSC(C(C)C)O1. The predicted molar refractivity (Wildman–Crippen MR) is 41.6 cm³/mol. The van der Waals surface area contributed by atoms with Crippen molar-refractivity contribution in [3.8, 4) is 0 Å². The van der Waals surface area contributed by atoms with Gasteiger partial charge in [-0.3, -0.25) is 0 Å². The zero-order chi connectivity index (χ0) is 6.85. The molecule has 1 fully saturated rings. The van der Waals surface area contributed by atoms with Gasteiger partial charge in [0, 0.05) is 5.75 Å². The molecular formula is C7H14OS. The fourth-order valence-electron chi connectivity index (χ4n) is 0.887. The fourth-order valence-corrected chi connectivity index (χ4v) is 2.08. The highest BCUT2D eigenvalue weighted by molar-refractivity contribution is 8.00. The van der Waals surface area contributed by atoms with Crippen LogP contribution in [0.5, 0.6) is 0 Å². The van der Waals surface area contributed by atoms with E-state index in [1.165, 1.54) is 5.75 Å². The summed E-state index contributed by atoms with van der Waals surface area (Å²) in [5.74, 6) is 1.84. The van der Waals surface area contributed by atoms with Gasteiger partial charge in [0.25, 0.3) is 0 Å². The van der Waals surface area contributed by atoms with Gasteiger partial charge in [-0.15, -0.1) is 11.8 Å². The lowest BCUT2D eigenvalue weighted by molar-refractivity contribution is 0.0548. The third-order valence-electron chi connectivity index (χ3n) is 1.41. The summed E-state index contributed by atoms with van der Waals surface area (Å²) in [7, 11) is 0. The first kappa shape index (κ1) is 7.42. The van der Waals surface area contributed by atoms with E-state index < -0.39 is 0 Å². The maximum absolute atomic E-state index is 5.59. The minimum absolute atomic E-state index is 0.458. The Balaban J connectivity index is 2.30. The van der Waals surface area contributed by atoms with Crippen molar-refractivity contribution >= 4 is 11.8 Å². The monoisotopic (exact) mass is 146 g/mol. The topological polar surface area (TPSA) is 9.23 Å². The molecule has 0 aromatic heterocycles. The van der Waals surface area contributed by atoms with Crippen LogP contribution in [0.1, 0.15) is 20.8 Å². The van der Waals surface area contributed by atoms with E-state index >= 15 is 0 Å². The van der Waals surface area contributed by atoms with Gasteiger partial charge in [0.05, 0.1) is 6.10 Å². The van der Waals surface area contributed by atoms with E-state index in [9.17, 15) is 0 Å². The molecule has 1 aliphatic heterocycles. The average molecular weight is 146 g/mol. The highest BCUT2D eigenvalue weighted by Gasteiger charge is 2.24. The first-order valence-corrected chi connectivity index (χ1v) is 4.52. The van der Waals surface area contributed by atoms with Crippen molar-refractivity contribution in [3.05, 3.63) is 0 Å². The molecule has 1 nitrogen and oxygen atoms in total. The molecule has 0 amide bonds. The van der Waals surface area contributed by atoms with Crippen molar-refractivity contribution in [2.75, 3.05) is 5.75 Å². The number of thioether (sulfide) groups is 1. The predicted octanol–water partition coefficient (Wildman–Crippen LogP) is 2.12. The van der Waals surface area contributed by atoms with Crippen LogP contribution in [0.4, 0.5) is 0 Å². The molecule has 1 saturated heterocycles. The quantitative estimate of drug-likeness (QED) is 0.560. The number of rotatable bonds is 1. The third kappa shape index (κ3) is 1.87. The number of ether oxygens (including phenoxy) is 1. The smallest absolute Gasteiger partial charge is 0.105 e. The number of hydrogen-bond donors (Lipinski definition) is 0. The lowest BCUT2D eigenvalue weighted by atomic mass is 10.2. The molecule has 2 unspecified atom stereocenters. The van der Waals surface area contributed by atoms with Gasteiger partial charge in [-0.05, 0) is 12.8 Å². The van der Waals surface area contributed by atoms with Gasteiger partial charge >= 0.3 is 0 Å². The van der Waals surface area contributed by atoms with Crippen LogP contribution in [0, 0.1) is 5.92 Å². The molecule has 2 atom stereocenters. The van der Waals surface area contributed by atoms with Gasteiger partial charge in [0.2, 0.25) is 0 Å². The third-order valence-corrected chi connectivity index (χ3v) is 3.05. The van der Waals surface area contributed by atoms with E-state index in [-0.39, 0.29) is 0 Å². The molecule has 2 heteroatoms. The van der Waals surface area contributed by atoms with Crippen LogP contribution >= 0.6 is 11.8 Å². The van der Waals surface area contributed by atoms with Crippen LogP contribution in [0.2, 0.25) is 0 Å². The van der Waals surface area contributed by atoms with Gasteiger partial charge in [-0.1, -0.05) is 13.8 Å². The normalized spacial score (nSPS) is 36.0. The maximum atomic E-state index is 5.59. The zero-order valence-electron chi connectivity index (χ0n) is 6.26. The maximum Gasteiger partial charge on any atom is 0.105 e. The van der Waals surface area contributed by atoms with Crippen molar-refractivity contribution in [3.63, 3.8) is 0 Å². The lowest BCUT2D eigenvalue weighted by Crippen LogP contribution is -2.12. The van der Waals surface area contributed by atoms with Crippen molar-refractivity contribution in [2.24, 2.45) is 5.92 Å². The zero-order valence-corrected chi connectivity index (χ0v) is 7.07. The Morgan fingerprint density at radius 3 is 2.44 bits per heavy atom. The Labute approximate surface area is 61.2 Å². The van der Waals surface area contributed by atoms with E-state index in [1.54, 1.807) is 0 Å².